The minimum Gasteiger partial charge on any atom is -0.598 e. The van der Waals surface area contributed by atoms with Crippen molar-refractivity contribution in [1.29, 1.82) is 0 Å². The third kappa shape index (κ3) is 3.38. The Morgan fingerprint density at radius 2 is 2.08 bits per heavy atom. The van der Waals surface area contributed by atoms with Crippen LogP contribution in [0.4, 0.5) is 4.39 Å². The van der Waals surface area contributed by atoms with Crippen molar-refractivity contribution in [3.8, 4) is 5.75 Å². The zero-order valence-electron chi connectivity index (χ0n) is 14.9. The summed E-state index contributed by atoms with van der Waals surface area (Å²) in [5.74, 6) is 0.345. The smallest absolute Gasteiger partial charge is 0.143 e. The van der Waals surface area contributed by atoms with Gasteiger partial charge in [0.2, 0.25) is 0 Å². The number of aromatic nitrogens is 1. The summed E-state index contributed by atoms with van der Waals surface area (Å²) in [5, 5.41) is 0. The number of aryl methyl sites for hydroxylation is 1. The van der Waals surface area contributed by atoms with E-state index in [1.54, 1.807) is 25.3 Å². The van der Waals surface area contributed by atoms with Gasteiger partial charge in [-0.15, -0.1) is 4.72 Å². The molecule has 134 valence electrons. The fourth-order valence-electron chi connectivity index (χ4n) is 2.87. The van der Waals surface area contributed by atoms with E-state index in [-0.39, 0.29) is 5.82 Å². The lowest BCUT2D eigenvalue weighted by molar-refractivity contribution is 0.221. The van der Waals surface area contributed by atoms with Gasteiger partial charge in [0.05, 0.1) is 6.61 Å². The van der Waals surface area contributed by atoms with Gasteiger partial charge in [-0.1, -0.05) is 12.1 Å². The topological polar surface area (TPSA) is 57.2 Å². The van der Waals surface area contributed by atoms with Crippen LogP contribution in [0.15, 0.2) is 36.5 Å². The van der Waals surface area contributed by atoms with Crippen molar-refractivity contribution in [2.45, 2.75) is 44.4 Å². The molecule has 0 bridgehead atoms. The number of nitrogens with one attached hydrogen (secondary N) is 1. The SMILES string of the molecule is Cc1ccc([C@@]2(N[S@+]([O-])C(C)(C)C)CCOc3cccnc32)cc1F. The first-order valence-electron chi connectivity index (χ1n) is 8.29. The van der Waals surface area contributed by atoms with Gasteiger partial charge in [0, 0.05) is 24.0 Å². The summed E-state index contributed by atoms with van der Waals surface area (Å²) in [7, 11) is 0. The van der Waals surface area contributed by atoms with E-state index in [2.05, 4.69) is 9.71 Å². The first kappa shape index (κ1) is 18.2. The van der Waals surface area contributed by atoms with E-state index in [9.17, 15) is 8.94 Å². The van der Waals surface area contributed by atoms with Crippen LogP contribution in [0.5, 0.6) is 5.75 Å². The van der Waals surface area contributed by atoms with E-state index in [0.29, 0.717) is 35.6 Å². The minimum atomic E-state index is -1.36. The van der Waals surface area contributed by atoms with Crippen molar-refractivity contribution in [3.05, 3.63) is 59.2 Å². The van der Waals surface area contributed by atoms with Gasteiger partial charge in [0.15, 0.2) is 0 Å². The number of fused-ring (bicyclic) bond motifs is 1. The molecule has 0 amide bonds. The van der Waals surface area contributed by atoms with Gasteiger partial charge in [0.1, 0.15) is 27.5 Å². The molecule has 6 heteroatoms. The Labute approximate surface area is 151 Å². The largest absolute Gasteiger partial charge is 0.598 e. The van der Waals surface area contributed by atoms with Gasteiger partial charge in [0.25, 0.3) is 0 Å². The van der Waals surface area contributed by atoms with E-state index < -0.39 is 21.6 Å². The van der Waals surface area contributed by atoms with Crippen LogP contribution in [0.1, 0.15) is 44.0 Å². The third-order valence-electron chi connectivity index (χ3n) is 4.40. The van der Waals surface area contributed by atoms with E-state index in [4.69, 9.17) is 4.74 Å². The molecular formula is C19H23FN2O2S. The van der Waals surface area contributed by atoms with Crippen molar-refractivity contribution >= 4 is 11.4 Å². The molecule has 1 aliphatic rings. The van der Waals surface area contributed by atoms with Crippen LogP contribution < -0.4 is 9.46 Å². The van der Waals surface area contributed by atoms with Gasteiger partial charge in [-0.3, -0.25) is 4.98 Å². The summed E-state index contributed by atoms with van der Waals surface area (Å²) in [6.45, 7) is 7.86. The molecule has 1 aromatic heterocycles. The molecule has 0 radical (unpaired) electrons. The highest BCUT2D eigenvalue weighted by Crippen LogP contribution is 2.42. The van der Waals surface area contributed by atoms with Crippen molar-refractivity contribution in [2.75, 3.05) is 6.61 Å². The van der Waals surface area contributed by atoms with Gasteiger partial charge >= 0.3 is 0 Å². The average Bonchev–Trinajstić information content (AvgIpc) is 2.56. The highest BCUT2D eigenvalue weighted by Gasteiger charge is 2.47. The van der Waals surface area contributed by atoms with Crippen LogP contribution in [-0.4, -0.2) is 20.9 Å². The molecule has 0 unspecified atom stereocenters. The standard InChI is InChI=1S/C19H23FN2O2S/c1-13-7-8-14(12-15(13)20)19(22-25(23)18(2,3)4)9-11-24-16-6-5-10-21-17(16)19/h5-8,10,12,22H,9,11H2,1-4H3/t19-,25+/m0/s1. The zero-order valence-corrected chi connectivity index (χ0v) is 15.7. The second kappa shape index (κ2) is 6.59. The van der Waals surface area contributed by atoms with E-state index in [0.717, 1.165) is 0 Å². The Kier molecular flexibility index (Phi) is 4.79. The summed E-state index contributed by atoms with van der Waals surface area (Å²) in [4.78, 5) is 4.49. The van der Waals surface area contributed by atoms with Crippen molar-refractivity contribution in [3.63, 3.8) is 0 Å². The first-order valence-corrected chi connectivity index (χ1v) is 9.44. The van der Waals surface area contributed by atoms with Gasteiger partial charge in [-0.25, -0.2) is 4.39 Å². The third-order valence-corrected chi connectivity index (χ3v) is 6.04. The molecule has 2 atom stereocenters. The zero-order chi connectivity index (χ0) is 18.2. The molecule has 0 saturated heterocycles. The number of nitrogens with zero attached hydrogens (tertiary/aromatic N) is 1. The summed E-state index contributed by atoms with van der Waals surface area (Å²) >= 11 is -1.36. The molecule has 3 rings (SSSR count). The van der Waals surface area contributed by atoms with E-state index in [1.165, 1.54) is 6.07 Å². The predicted octanol–water partition coefficient (Wildman–Crippen LogP) is 3.61. The molecule has 2 aromatic rings. The monoisotopic (exact) mass is 362 g/mol. The maximum Gasteiger partial charge on any atom is 0.143 e. The fourth-order valence-corrected chi connectivity index (χ4v) is 3.81. The number of rotatable bonds is 3. The predicted molar refractivity (Wildman–Crippen MR) is 97.3 cm³/mol. The molecule has 0 saturated carbocycles. The highest BCUT2D eigenvalue weighted by atomic mass is 32.2. The number of benzene rings is 1. The summed E-state index contributed by atoms with van der Waals surface area (Å²) in [5.41, 5.74) is 1.06. The first-order chi connectivity index (χ1) is 11.7. The number of hydrogen-bond acceptors (Lipinski definition) is 4. The molecule has 0 fully saturated rings. The van der Waals surface area contributed by atoms with E-state index >= 15 is 0 Å². The molecule has 0 aliphatic carbocycles. The normalized spacial score (nSPS) is 21.4. The highest BCUT2D eigenvalue weighted by molar-refractivity contribution is 7.90. The van der Waals surface area contributed by atoms with Crippen LogP contribution in [0, 0.1) is 12.7 Å². The van der Waals surface area contributed by atoms with Crippen LogP contribution in [-0.2, 0) is 16.9 Å². The Hall–Kier alpha value is -1.63. The quantitative estimate of drug-likeness (QED) is 0.848. The lowest BCUT2D eigenvalue weighted by Gasteiger charge is -2.40. The van der Waals surface area contributed by atoms with Gasteiger partial charge < -0.3 is 9.29 Å². The van der Waals surface area contributed by atoms with Crippen LogP contribution in [0.2, 0.25) is 0 Å². The molecule has 1 N–H and O–H groups in total. The molecule has 2 heterocycles. The molecule has 25 heavy (non-hydrogen) atoms. The Morgan fingerprint density at radius 3 is 2.76 bits per heavy atom. The summed E-state index contributed by atoms with van der Waals surface area (Å²) in [6.07, 6.45) is 2.19. The average molecular weight is 362 g/mol. The van der Waals surface area contributed by atoms with Crippen molar-refractivity contribution in [1.82, 2.24) is 9.71 Å². The number of ether oxygens (including phenoxy) is 1. The van der Waals surface area contributed by atoms with Gasteiger partial charge in [-0.2, -0.15) is 0 Å². The summed E-state index contributed by atoms with van der Waals surface area (Å²) in [6, 6.07) is 8.75. The molecule has 0 spiro atoms. The number of pyridine rings is 1. The Morgan fingerprint density at radius 1 is 1.32 bits per heavy atom. The molecule has 1 aromatic carbocycles. The lowest BCUT2D eigenvalue weighted by atomic mass is 9.82. The van der Waals surface area contributed by atoms with Gasteiger partial charge in [-0.05, 0) is 57.0 Å². The Bertz CT molecular complexity index is 778. The number of hydrogen-bond donors (Lipinski definition) is 1. The maximum atomic E-state index is 14.3. The summed E-state index contributed by atoms with van der Waals surface area (Å²) < 4.78 is 35.7. The molecule has 1 aliphatic heterocycles. The second-order valence-corrected chi connectivity index (χ2v) is 9.27. The van der Waals surface area contributed by atoms with Crippen LogP contribution in [0.25, 0.3) is 0 Å². The van der Waals surface area contributed by atoms with Crippen molar-refractivity contribution < 1.29 is 13.7 Å². The lowest BCUT2D eigenvalue weighted by Crippen LogP contribution is -2.54. The molecule has 4 nitrogen and oxygen atoms in total. The number of halogens is 1. The molecular weight excluding hydrogens is 339 g/mol. The minimum absolute atomic E-state index is 0.288. The Balaban J connectivity index is 2.18. The second-order valence-electron chi connectivity index (χ2n) is 7.30. The van der Waals surface area contributed by atoms with Crippen LogP contribution in [0.3, 0.4) is 0 Å². The van der Waals surface area contributed by atoms with Crippen LogP contribution >= 0.6 is 0 Å². The van der Waals surface area contributed by atoms with E-state index in [1.807, 2.05) is 32.9 Å². The maximum absolute atomic E-state index is 14.3. The fraction of sp³-hybridized carbons (Fsp3) is 0.421. The van der Waals surface area contributed by atoms with Crippen molar-refractivity contribution in [2.24, 2.45) is 0 Å².